The minimum Gasteiger partial charge on any atom is -0.339 e. The zero-order valence-electron chi connectivity index (χ0n) is 12.0. The SMILES string of the molecule is CCN(CC)C(=O)c1cnc(Nc2cccc(Br)c2)cn1. The van der Waals surface area contributed by atoms with Crippen LogP contribution in [0, 0.1) is 0 Å². The van der Waals surface area contributed by atoms with E-state index in [0.717, 1.165) is 10.2 Å². The van der Waals surface area contributed by atoms with E-state index in [1.807, 2.05) is 38.1 Å². The molecule has 2 aromatic rings. The van der Waals surface area contributed by atoms with E-state index in [9.17, 15) is 4.79 Å². The van der Waals surface area contributed by atoms with Crippen molar-refractivity contribution in [1.29, 1.82) is 0 Å². The third kappa shape index (κ3) is 4.01. The molecule has 0 spiro atoms. The molecule has 0 unspecified atom stereocenters. The van der Waals surface area contributed by atoms with Crippen molar-refractivity contribution >= 4 is 33.3 Å². The van der Waals surface area contributed by atoms with Crippen molar-refractivity contribution in [3.05, 3.63) is 46.8 Å². The predicted molar refractivity (Wildman–Crippen MR) is 86.7 cm³/mol. The maximum Gasteiger partial charge on any atom is 0.274 e. The number of carbonyl (C=O) groups excluding carboxylic acids is 1. The molecule has 0 aliphatic rings. The van der Waals surface area contributed by atoms with Gasteiger partial charge in [0.05, 0.1) is 12.4 Å². The topological polar surface area (TPSA) is 58.1 Å². The average Bonchev–Trinajstić information content (AvgIpc) is 2.49. The second-order valence-corrected chi connectivity index (χ2v) is 5.32. The van der Waals surface area contributed by atoms with E-state index in [0.29, 0.717) is 24.6 Å². The second kappa shape index (κ2) is 7.17. The van der Waals surface area contributed by atoms with E-state index in [-0.39, 0.29) is 5.91 Å². The molecule has 21 heavy (non-hydrogen) atoms. The molecular formula is C15H17BrN4O. The van der Waals surface area contributed by atoms with E-state index >= 15 is 0 Å². The van der Waals surface area contributed by atoms with Crippen LogP contribution in [-0.4, -0.2) is 33.9 Å². The van der Waals surface area contributed by atoms with Crippen molar-refractivity contribution in [2.24, 2.45) is 0 Å². The largest absolute Gasteiger partial charge is 0.339 e. The number of carbonyl (C=O) groups is 1. The van der Waals surface area contributed by atoms with Gasteiger partial charge < -0.3 is 10.2 Å². The number of hydrogen-bond acceptors (Lipinski definition) is 4. The van der Waals surface area contributed by atoms with E-state index in [2.05, 4.69) is 31.2 Å². The summed E-state index contributed by atoms with van der Waals surface area (Å²) in [6, 6.07) is 7.75. The Hall–Kier alpha value is -1.95. The molecule has 6 heteroatoms. The monoisotopic (exact) mass is 348 g/mol. The minimum absolute atomic E-state index is 0.0958. The summed E-state index contributed by atoms with van der Waals surface area (Å²) >= 11 is 3.41. The summed E-state index contributed by atoms with van der Waals surface area (Å²) in [5.41, 5.74) is 1.26. The van der Waals surface area contributed by atoms with Gasteiger partial charge in [0.1, 0.15) is 11.5 Å². The fourth-order valence-corrected chi connectivity index (χ4v) is 2.29. The van der Waals surface area contributed by atoms with E-state index in [1.54, 1.807) is 11.1 Å². The third-order valence-corrected chi connectivity index (χ3v) is 3.51. The predicted octanol–water partition coefficient (Wildman–Crippen LogP) is 3.46. The molecule has 0 bridgehead atoms. The first-order valence-corrected chi connectivity index (χ1v) is 7.57. The van der Waals surface area contributed by atoms with Crippen LogP contribution in [0.15, 0.2) is 41.1 Å². The van der Waals surface area contributed by atoms with Gasteiger partial charge in [-0.15, -0.1) is 0 Å². The van der Waals surface area contributed by atoms with Gasteiger partial charge in [-0.2, -0.15) is 0 Å². The summed E-state index contributed by atoms with van der Waals surface area (Å²) in [5, 5.41) is 3.14. The lowest BCUT2D eigenvalue weighted by atomic mass is 10.3. The lowest BCUT2D eigenvalue weighted by Crippen LogP contribution is -2.31. The summed E-state index contributed by atoms with van der Waals surface area (Å²) < 4.78 is 0.980. The van der Waals surface area contributed by atoms with Crippen LogP contribution < -0.4 is 5.32 Å². The summed E-state index contributed by atoms with van der Waals surface area (Å²) in [6.45, 7) is 5.21. The first kappa shape index (κ1) is 15.4. The molecule has 0 atom stereocenters. The van der Waals surface area contributed by atoms with Gasteiger partial charge in [-0.05, 0) is 32.0 Å². The van der Waals surface area contributed by atoms with E-state index in [4.69, 9.17) is 0 Å². The van der Waals surface area contributed by atoms with Crippen molar-refractivity contribution in [1.82, 2.24) is 14.9 Å². The molecule has 2 rings (SSSR count). The molecule has 110 valence electrons. The molecule has 0 fully saturated rings. The Morgan fingerprint density at radius 2 is 2.00 bits per heavy atom. The van der Waals surface area contributed by atoms with E-state index in [1.165, 1.54) is 6.20 Å². The zero-order valence-corrected chi connectivity index (χ0v) is 13.6. The number of halogens is 1. The number of nitrogens with zero attached hydrogens (tertiary/aromatic N) is 3. The van der Waals surface area contributed by atoms with Crippen LogP contribution in [0.2, 0.25) is 0 Å². The summed E-state index contributed by atoms with van der Waals surface area (Å²) in [7, 11) is 0. The maximum atomic E-state index is 12.1. The van der Waals surface area contributed by atoms with Crippen LogP contribution in [0.3, 0.4) is 0 Å². The molecule has 0 saturated heterocycles. The highest BCUT2D eigenvalue weighted by Gasteiger charge is 2.14. The number of amides is 1. The number of anilines is 2. The van der Waals surface area contributed by atoms with Gasteiger partial charge in [0.15, 0.2) is 0 Å². The number of aromatic nitrogens is 2. The fourth-order valence-electron chi connectivity index (χ4n) is 1.89. The van der Waals surface area contributed by atoms with Gasteiger partial charge in [-0.1, -0.05) is 22.0 Å². The van der Waals surface area contributed by atoms with Crippen molar-refractivity contribution in [3.63, 3.8) is 0 Å². The molecule has 0 saturated carbocycles. The summed E-state index contributed by atoms with van der Waals surface area (Å²) in [5.74, 6) is 0.505. The number of nitrogens with one attached hydrogen (secondary N) is 1. The first-order valence-electron chi connectivity index (χ1n) is 6.78. The lowest BCUT2D eigenvalue weighted by molar-refractivity contribution is 0.0766. The Kier molecular flexibility index (Phi) is 5.27. The van der Waals surface area contributed by atoms with Gasteiger partial charge in [-0.25, -0.2) is 9.97 Å². The Labute approximate surface area is 132 Å². The molecule has 1 N–H and O–H groups in total. The van der Waals surface area contributed by atoms with Crippen molar-refractivity contribution in [2.75, 3.05) is 18.4 Å². The van der Waals surface area contributed by atoms with Gasteiger partial charge in [0, 0.05) is 23.2 Å². The van der Waals surface area contributed by atoms with Crippen molar-refractivity contribution < 1.29 is 4.79 Å². The number of rotatable bonds is 5. The molecule has 1 amide bonds. The molecule has 1 aromatic carbocycles. The molecule has 0 radical (unpaired) electrons. The van der Waals surface area contributed by atoms with Gasteiger partial charge in [0.25, 0.3) is 5.91 Å². The smallest absolute Gasteiger partial charge is 0.274 e. The highest BCUT2D eigenvalue weighted by atomic mass is 79.9. The minimum atomic E-state index is -0.0958. The van der Waals surface area contributed by atoms with Gasteiger partial charge in [-0.3, -0.25) is 4.79 Å². The Bertz CT molecular complexity index is 611. The Morgan fingerprint density at radius 3 is 2.57 bits per heavy atom. The van der Waals surface area contributed by atoms with Crippen LogP contribution in [0.5, 0.6) is 0 Å². The van der Waals surface area contributed by atoms with Crippen molar-refractivity contribution in [2.45, 2.75) is 13.8 Å². The van der Waals surface area contributed by atoms with Crippen LogP contribution in [-0.2, 0) is 0 Å². The molecule has 0 aliphatic carbocycles. The molecule has 1 heterocycles. The maximum absolute atomic E-state index is 12.1. The van der Waals surface area contributed by atoms with Gasteiger partial charge >= 0.3 is 0 Å². The van der Waals surface area contributed by atoms with Crippen LogP contribution in [0.4, 0.5) is 11.5 Å². The summed E-state index contributed by atoms with van der Waals surface area (Å²) in [6.07, 6.45) is 3.07. The third-order valence-electron chi connectivity index (χ3n) is 3.02. The summed E-state index contributed by atoms with van der Waals surface area (Å²) in [4.78, 5) is 22.3. The second-order valence-electron chi connectivity index (χ2n) is 4.40. The highest BCUT2D eigenvalue weighted by Crippen LogP contribution is 2.18. The molecular weight excluding hydrogens is 332 g/mol. The van der Waals surface area contributed by atoms with Crippen LogP contribution in [0.1, 0.15) is 24.3 Å². The lowest BCUT2D eigenvalue weighted by Gasteiger charge is -2.17. The van der Waals surface area contributed by atoms with Crippen LogP contribution in [0.25, 0.3) is 0 Å². The van der Waals surface area contributed by atoms with Crippen molar-refractivity contribution in [3.8, 4) is 0 Å². The molecule has 0 aliphatic heterocycles. The quantitative estimate of drug-likeness (QED) is 0.898. The van der Waals surface area contributed by atoms with E-state index < -0.39 is 0 Å². The Balaban J connectivity index is 2.10. The molecule has 5 nitrogen and oxygen atoms in total. The number of hydrogen-bond donors (Lipinski definition) is 1. The first-order chi connectivity index (χ1) is 10.1. The van der Waals surface area contributed by atoms with Crippen LogP contribution >= 0.6 is 15.9 Å². The van der Waals surface area contributed by atoms with Gasteiger partial charge in [0.2, 0.25) is 0 Å². The fraction of sp³-hybridized carbons (Fsp3) is 0.267. The Morgan fingerprint density at radius 1 is 1.24 bits per heavy atom. The zero-order chi connectivity index (χ0) is 15.2. The molecule has 1 aromatic heterocycles. The standard InChI is InChI=1S/C15H17BrN4O/c1-3-20(4-2)15(21)13-9-18-14(10-17-13)19-12-7-5-6-11(16)8-12/h5-10H,3-4H2,1-2H3,(H,18,19). The number of benzene rings is 1. The average molecular weight is 349 g/mol. The highest BCUT2D eigenvalue weighted by molar-refractivity contribution is 9.10. The normalized spacial score (nSPS) is 10.2.